The quantitative estimate of drug-likeness (QED) is 0.600. The number of nitrogens with zero attached hydrogens (tertiary/aromatic N) is 2. The second-order valence-electron chi connectivity index (χ2n) is 7.53. The molecule has 154 valence electrons. The zero-order valence-corrected chi connectivity index (χ0v) is 17.4. The van der Waals surface area contributed by atoms with Crippen molar-refractivity contribution in [3.63, 3.8) is 0 Å². The highest BCUT2D eigenvalue weighted by Gasteiger charge is 2.22. The van der Waals surface area contributed by atoms with Gasteiger partial charge in [-0.15, -0.1) is 0 Å². The number of nitrogens with one attached hydrogen (secondary N) is 2. The number of aryl methyl sites for hydroxylation is 1. The minimum Gasteiger partial charge on any atom is -0.385 e. The third-order valence-electron chi connectivity index (χ3n) is 5.52. The number of aromatic nitrogens is 1. The Kier molecular flexibility index (Phi) is 6.28. The van der Waals surface area contributed by atoms with Crippen molar-refractivity contribution in [2.75, 3.05) is 35.2 Å². The highest BCUT2D eigenvalue weighted by atomic mass is 16.1. The molecule has 0 radical (unpaired) electrons. The lowest BCUT2D eigenvalue weighted by molar-refractivity contribution is 0.102. The molecule has 30 heavy (non-hydrogen) atoms. The van der Waals surface area contributed by atoms with E-state index in [0.717, 1.165) is 67.2 Å². The molecule has 0 bridgehead atoms. The van der Waals surface area contributed by atoms with Gasteiger partial charge in [-0.3, -0.25) is 9.78 Å². The molecule has 3 aromatic rings. The normalized spacial score (nSPS) is 12.9. The van der Waals surface area contributed by atoms with Gasteiger partial charge in [-0.25, -0.2) is 0 Å². The van der Waals surface area contributed by atoms with Crippen LogP contribution in [-0.2, 0) is 12.8 Å². The first kappa shape index (κ1) is 20.0. The van der Waals surface area contributed by atoms with Gasteiger partial charge in [0.25, 0.3) is 5.91 Å². The zero-order chi connectivity index (χ0) is 20.8. The first-order chi connectivity index (χ1) is 14.7. The standard InChI is InChI=1S/C25H28N4O/c1-2-29-18-6-8-19-7-5-10-23(24(19)29)25(30)28-22-13-11-21(12-14-22)27-17-15-20-9-3-4-16-26-20/h3-5,7,9-14,16,27H,2,6,8,15,17-18H2,1H3,(H,28,30). The van der Waals surface area contributed by atoms with Gasteiger partial charge in [0.15, 0.2) is 0 Å². The molecule has 5 nitrogen and oxygen atoms in total. The monoisotopic (exact) mass is 400 g/mol. The van der Waals surface area contributed by atoms with E-state index in [1.807, 2.05) is 60.8 Å². The van der Waals surface area contributed by atoms with Gasteiger partial charge in [0.05, 0.1) is 11.3 Å². The molecule has 2 N–H and O–H groups in total. The van der Waals surface area contributed by atoms with Crippen molar-refractivity contribution in [3.05, 3.63) is 83.7 Å². The van der Waals surface area contributed by atoms with Crippen LogP contribution in [0.15, 0.2) is 66.9 Å². The van der Waals surface area contributed by atoms with Crippen LogP contribution < -0.4 is 15.5 Å². The number of anilines is 3. The Morgan fingerprint density at radius 1 is 1.03 bits per heavy atom. The van der Waals surface area contributed by atoms with Crippen molar-refractivity contribution < 1.29 is 4.79 Å². The molecule has 0 aliphatic carbocycles. The number of carbonyl (C=O) groups excluding carboxylic acids is 1. The van der Waals surface area contributed by atoms with Crippen LogP contribution in [0.1, 0.15) is 35.0 Å². The van der Waals surface area contributed by atoms with Crippen LogP contribution in [0.5, 0.6) is 0 Å². The molecule has 0 atom stereocenters. The summed E-state index contributed by atoms with van der Waals surface area (Å²) in [5.41, 5.74) is 6.01. The third-order valence-corrected chi connectivity index (χ3v) is 5.52. The Balaban J connectivity index is 1.38. The summed E-state index contributed by atoms with van der Waals surface area (Å²) >= 11 is 0. The first-order valence-corrected chi connectivity index (χ1v) is 10.7. The summed E-state index contributed by atoms with van der Waals surface area (Å²) < 4.78 is 0. The van der Waals surface area contributed by atoms with Gasteiger partial charge in [0.2, 0.25) is 0 Å². The maximum atomic E-state index is 13.0. The van der Waals surface area contributed by atoms with Gasteiger partial charge in [0, 0.05) is 49.3 Å². The molecule has 0 fully saturated rings. The van der Waals surface area contributed by atoms with E-state index in [2.05, 4.69) is 33.5 Å². The number of hydrogen-bond donors (Lipinski definition) is 2. The van der Waals surface area contributed by atoms with Gasteiger partial charge >= 0.3 is 0 Å². The Morgan fingerprint density at radius 3 is 2.63 bits per heavy atom. The van der Waals surface area contributed by atoms with Crippen LogP contribution in [0, 0.1) is 0 Å². The van der Waals surface area contributed by atoms with Crippen molar-refractivity contribution >= 4 is 23.0 Å². The number of carbonyl (C=O) groups is 1. The Labute approximate surface area is 178 Å². The van der Waals surface area contributed by atoms with E-state index in [1.54, 1.807) is 0 Å². The molecular formula is C25H28N4O. The van der Waals surface area contributed by atoms with Crippen LogP contribution in [0.25, 0.3) is 0 Å². The largest absolute Gasteiger partial charge is 0.385 e. The average molecular weight is 401 g/mol. The number of rotatable bonds is 7. The molecule has 4 rings (SSSR count). The van der Waals surface area contributed by atoms with Crippen LogP contribution in [-0.4, -0.2) is 30.5 Å². The average Bonchev–Trinajstić information content (AvgIpc) is 2.80. The number of pyridine rings is 1. The molecule has 1 aromatic heterocycles. The molecule has 1 aliphatic rings. The minimum atomic E-state index is -0.0527. The summed E-state index contributed by atoms with van der Waals surface area (Å²) in [5.74, 6) is -0.0527. The Hall–Kier alpha value is -3.34. The fourth-order valence-electron chi connectivity index (χ4n) is 3.99. The highest BCUT2D eigenvalue weighted by Crippen LogP contribution is 2.31. The first-order valence-electron chi connectivity index (χ1n) is 10.7. The van der Waals surface area contributed by atoms with Crippen molar-refractivity contribution in [1.82, 2.24) is 4.98 Å². The highest BCUT2D eigenvalue weighted by molar-refractivity contribution is 6.08. The van der Waals surface area contributed by atoms with Crippen LogP contribution in [0.4, 0.5) is 17.1 Å². The second kappa shape index (κ2) is 9.44. The summed E-state index contributed by atoms with van der Waals surface area (Å²) in [6.07, 6.45) is 4.86. The molecule has 2 aromatic carbocycles. The topological polar surface area (TPSA) is 57.3 Å². The third kappa shape index (κ3) is 4.62. The molecule has 0 spiro atoms. The van der Waals surface area contributed by atoms with Gasteiger partial charge in [-0.2, -0.15) is 0 Å². The van der Waals surface area contributed by atoms with Crippen LogP contribution >= 0.6 is 0 Å². The molecular weight excluding hydrogens is 372 g/mol. The molecule has 0 saturated carbocycles. The van der Waals surface area contributed by atoms with E-state index in [1.165, 1.54) is 5.56 Å². The van der Waals surface area contributed by atoms with Gasteiger partial charge < -0.3 is 15.5 Å². The number of benzene rings is 2. The van der Waals surface area contributed by atoms with E-state index in [-0.39, 0.29) is 5.91 Å². The lowest BCUT2D eigenvalue weighted by Gasteiger charge is -2.32. The minimum absolute atomic E-state index is 0.0527. The van der Waals surface area contributed by atoms with Crippen LogP contribution in [0.3, 0.4) is 0 Å². The van der Waals surface area contributed by atoms with Crippen LogP contribution in [0.2, 0.25) is 0 Å². The van der Waals surface area contributed by atoms with Gasteiger partial charge in [-0.05, 0) is 67.8 Å². The number of para-hydroxylation sites is 1. The molecule has 2 heterocycles. The lowest BCUT2D eigenvalue weighted by Crippen LogP contribution is -2.31. The summed E-state index contributed by atoms with van der Waals surface area (Å²) in [7, 11) is 0. The molecule has 1 aliphatic heterocycles. The molecule has 0 saturated heterocycles. The number of fused-ring (bicyclic) bond motifs is 1. The molecule has 5 heteroatoms. The van der Waals surface area contributed by atoms with Gasteiger partial charge in [-0.1, -0.05) is 18.2 Å². The van der Waals surface area contributed by atoms with Crippen molar-refractivity contribution in [2.45, 2.75) is 26.2 Å². The van der Waals surface area contributed by atoms with Crippen molar-refractivity contribution in [2.24, 2.45) is 0 Å². The Morgan fingerprint density at radius 2 is 1.87 bits per heavy atom. The number of hydrogen-bond acceptors (Lipinski definition) is 4. The van der Waals surface area contributed by atoms with Crippen molar-refractivity contribution in [3.8, 4) is 0 Å². The maximum Gasteiger partial charge on any atom is 0.257 e. The lowest BCUT2D eigenvalue weighted by atomic mass is 9.97. The fraction of sp³-hybridized carbons (Fsp3) is 0.280. The van der Waals surface area contributed by atoms with E-state index >= 15 is 0 Å². The summed E-state index contributed by atoms with van der Waals surface area (Å²) in [4.78, 5) is 19.6. The molecule has 0 unspecified atom stereocenters. The zero-order valence-electron chi connectivity index (χ0n) is 17.4. The molecule has 1 amide bonds. The predicted molar refractivity (Wildman–Crippen MR) is 123 cm³/mol. The Bertz CT molecular complexity index is 986. The summed E-state index contributed by atoms with van der Waals surface area (Å²) in [6.45, 7) is 4.87. The van der Waals surface area contributed by atoms with E-state index in [9.17, 15) is 4.79 Å². The van der Waals surface area contributed by atoms with E-state index in [4.69, 9.17) is 0 Å². The smallest absolute Gasteiger partial charge is 0.257 e. The second-order valence-corrected chi connectivity index (χ2v) is 7.53. The van der Waals surface area contributed by atoms with E-state index < -0.39 is 0 Å². The SMILES string of the molecule is CCN1CCCc2cccc(C(=O)Nc3ccc(NCCc4ccccn4)cc3)c21. The summed E-state index contributed by atoms with van der Waals surface area (Å²) in [5, 5.41) is 6.46. The summed E-state index contributed by atoms with van der Waals surface area (Å²) in [6, 6.07) is 19.9. The van der Waals surface area contributed by atoms with Crippen molar-refractivity contribution in [1.29, 1.82) is 0 Å². The predicted octanol–water partition coefficient (Wildman–Crippen LogP) is 4.76. The van der Waals surface area contributed by atoms with Gasteiger partial charge in [0.1, 0.15) is 0 Å². The maximum absolute atomic E-state index is 13.0. The fourth-order valence-corrected chi connectivity index (χ4v) is 3.99. The van der Waals surface area contributed by atoms with E-state index in [0.29, 0.717) is 0 Å². The number of amides is 1.